The van der Waals surface area contributed by atoms with E-state index < -0.39 is 9.84 Å². The highest BCUT2D eigenvalue weighted by Crippen LogP contribution is 2.33. The van der Waals surface area contributed by atoms with Gasteiger partial charge in [-0.2, -0.15) is 0 Å². The number of carbonyl (C=O) groups excluding carboxylic acids is 1. The first kappa shape index (κ1) is 20.3. The highest BCUT2D eigenvalue weighted by atomic mass is 32.2. The van der Waals surface area contributed by atoms with Gasteiger partial charge < -0.3 is 15.0 Å². The van der Waals surface area contributed by atoms with Gasteiger partial charge in [0, 0.05) is 34.6 Å². The number of nitrogens with one attached hydrogen (secondary N) is 1. The zero-order valence-corrected chi connectivity index (χ0v) is 17.7. The maximum Gasteiger partial charge on any atom is 0.256 e. The second-order valence-corrected chi connectivity index (χ2v) is 10.8. The quantitative estimate of drug-likeness (QED) is 0.783. The van der Waals surface area contributed by atoms with Gasteiger partial charge in [-0.1, -0.05) is 12.1 Å². The van der Waals surface area contributed by atoms with Gasteiger partial charge in [-0.25, -0.2) is 8.42 Å². The summed E-state index contributed by atoms with van der Waals surface area (Å²) in [6, 6.07) is 15.2. The summed E-state index contributed by atoms with van der Waals surface area (Å²) >= 11 is 1.48. The van der Waals surface area contributed by atoms with Crippen LogP contribution in [0.5, 0.6) is 0 Å². The molecule has 1 amide bonds. The minimum Gasteiger partial charge on any atom is -0.378 e. The summed E-state index contributed by atoms with van der Waals surface area (Å²) in [7, 11) is -2.94. The van der Waals surface area contributed by atoms with Crippen molar-refractivity contribution >= 4 is 38.9 Å². The number of amides is 1. The molecule has 2 aromatic rings. The number of sulfone groups is 1. The second kappa shape index (κ2) is 8.77. The average molecular weight is 433 g/mol. The van der Waals surface area contributed by atoms with Crippen molar-refractivity contribution in [3.63, 3.8) is 0 Å². The number of morpholine rings is 1. The maximum absolute atomic E-state index is 12.9. The minimum absolute atomic E-state index is 0.00163. The predicted octanol–water partition coefficient (Wildman–Crippen LogP) is 3.05. The third kappa shape index (κ3) is 5.12. The lowest BCUT2D eigenvalue weighted by Crippen LogP contribution is -2.36. The molecule has 6 nitrogen and oxygen atoms in total. The summed E-state index contributed by atoms with van der Waals surface area (Å²) in [6.45, 7) is 3.20. The van der Waals surface area contributed by atoms with Crippen molar-refractivity contribution in [3.05, 3.63) is 54.1 Å². The minimum atomic E-state index is -2.94. The van der Waals surface area contributed by atoms with Crippen molar-refractivity contribution < 1.29 is 17.9 Å². The normalized spacial score (nSPS) is 21.1. The fourth-order valence-electron chi connectivity index (χ4n) is 3.57. The first-order chi connectivity index (χ1) is 14.0. The lowest BCUT2D eigenvalue weighted by atomic mass is 10.2. The van der Waals surface area contributed by atoms with Crippen LogP contribution >= 0.6 is 11.8 Å². The van der Waals surface area contributed by atoms with Gasteiger partial charge in [-0.05, 0) is 42.8 Å². The first-order valence-corrected chi connectivity index (χ1v) is 12.4. The van der Waals surface area contributed by atoms with Crippen LogP contribution in [0.2, 0.25) is 0 Å². The van der Waals surface area contributed by atoms with E-state index in [1.165, 1.54) is 11.8 Å². The Morgan fingerprint density at radius 1 is 1.07 bits per heavy atom. The van der Waals surface area contributed by atoms with Crippen molar-refractivity contribution in [1.29, 1.82) is 0 Å². The lowest BCUT2D eigenvalue weighted by Gasteiger charge is -2.28. The topological polar surface area (TPSA) is 75.7 Å². The smallest absolute Gasteiger partial charge is 0.256 e. The van der Waals surface area contributed by atoms with E-state index in [1.54, 1.807) is 6.07 Å². The Labute approximate surface area is 175 Å². The van der Waals surface area contributed by atoms with Crippen molar-refractivity contribution in [3.8, 4) is 0 Å². The molecule has 29 heavy (non-hydrogen) atoms. The summed E-state index contributed by atoms with van der Waals surface area (Å²) in [5.41, 5.74) is 2.42. The van der Waals surface area contributed by atoms with E-state index in [0.29, 0.717) is 12.0 Å². The highest BCUT2D eigenvalue weighted by Gasteiger charge is 2.29. The van der Waals surface area contributed by atoms with Gasteiger partial charge in [0.2, 0.25) is 0 Å². The largest absolute Gasteiger partial charge is 0.378 e. The van der Waals surface area contributed by atoms with Crippen molar-refractivity contribution in [1.82, 2.24) is 0 Å². The third-order valence-electron chi connectivity index (χ3n) is 5.12. The number of rotatable bonds is 5. The number of ether oxygens (including phenoxy) is 1. The molecule has 0 unspecified atom stereocenters. The van der Waals surface area contributed by atoms with Crippen molar-refractivity contribution in [2.24, 2.45) is 0 Å². The monoisotopic (exact) mass is 432 g/mol. The summed E-state index contributed by atoms with van der Waals surface area (Å²) in [5.74, 6) is 0.221. The Kier molecular flexibility index (Phi) is 6.12. The van der Waals surface area contributed by atoms with Crippen LogP contribution in [-0.2, 0) is 14.6 Å². The lowest BCUT2D eigenvalue weighted by molar-refractivity contribution is 0.102. The molecule has 2 aromatic carbocycles. The SMILES string of the molecule is O=C(Nc1ccc(N2CCOCC2)cc1)c1ccccc1S[C@@H]1CCS(=O)(=O)C1. The van der Waals surface area contributed by atoms with E-state index in [9.17, 15) is 13.2 Å². The number of anilines is 2. The standard InChI is InChI=1S/C21H24N2O4S2/c24-21(22-16-5-7-17(8-6-16)23-10-12-27-13-11-23)19-3-1-2-4-20(19)28-18-9-14-29(25,26)15-18/h1-8,18H,9-15H2,(H,22,24)/t18-/m1/s1. The second-order valence-electron chi connectivity index (χ2n) is 7.24. The molecule has 2 saturated heterocycles. The molecule has 0 saturated carbocycles. The van der Waals surface area contributed by atoms with E-state index in [4.69, 9.17) is 4.74 Å². The van der Waals surface area contributed by atoms with E-state index in [-0.39, 0.29) is 22.7 Å². The van der Waals surface area contributed by atoms with Crippen LogP contribution < -0.4 is 10.2 Å². The third-order valence-corrected chi connectivity index (χ3v) is 8.44. The van der Waals surface area contributed by atoms with Gasteiger partial charge in [0.15, 0.2) is 9.84 Å². The molecule has 0 aromatic heterocycles. The van der Waals surface area contributed by atoms with E-state index >= 15 is 0 Å². The van der Waals surface area contributed by atoms with Gasteiger partial charge >= 0.3 is 0 Å². The van der Waals surface area contributed by atoms with Gasteiger partial charge in [-0.3, -0.25) is 4.79 Å². The van der Waals surface area contributed by atoms with Crippen LogP contribution in [0.25, 0.3) is 0 Å². The number of hydrogen-bond acceptors (Lipinski definition) is 6. The Morgan fingerprint density at radius 2 is 1.79 bits per heavy atom. The summed E-state index contributed by atoms with van der Waals surface area (Å²) in [5, 5.41) is 2.96. The molecule has 1 N–H and O–H groups in total. The zero-order valence-electron chi connectivity index (χ0n) is 16.0. The Hall–Kier alpha value is -2.03. The Morgan fingerprint density at radius 3 is 2.48 bits per heavy atom. The van der Waals surface area contributed by atoms with E-state index in [2.05, 4.69) is 10.2 Å². The molecule has 2 aliphatic rings. The summed E-state index contributed by atoms with van der Waals surface area (Å²) in [4.78, 5) is 15.9. The van der Waals surface area contributed by atoms with Crippen LogP contribution in [0, 0.1) is 0 Å². The zero-order chi connectivity index (χ0) is 20.3. The fraction of sp³-hybridized carbons (Fsp3) is 0.381. The summed E-state index contributed by atoms with van der Waals surface area (Å²) < 4.78 is 28.8. The van der Waals surface area contributed by atoms with E-state index in [0.717, 1.165) is 42.6 Å². The molecular formula is C21H24N2O4S2. The van der Waals surface area contributed by atoms with Crippen molar-refractivity contribution in [2.45, 2.75) is 16.6 Å². The van der Waals surface area contributed by atoms with Crippen LogP contribution in [-0.4, -0.2) is 57.4 Å². The number of hydrogen-bond donors (Lipinski definition) is 1. The molecule has 2 fully saturated rings. The van der Waals surface area contributed by atoms with Crippen LogP contribution in [0.1, 0.15) is 16.8 Å². The van der Waals surface area contributed by atoms with E-state index in [1.807, 2.05) is 42.5 Å². The maximum atomic E-state index is 12.9. The van der Waals surface area contributed by atoms with Crippen molar-refractivity contribution in [2.75, 3.05) is 48.0 Å². The molecular weight excluding hydrogens is 408 g/mol. The fourth-order valence-corrected chi connectivity index (χ4v) is 7.19. The molecule has 1 atom stereocenters. The molecule has 2 heterocycles. The molecule has 8 heteroatoms. The highest BCUT2D eigenvalue weighted by molar-refractivity contribution is 8.02. The predicted molar refractivity (Wildman–Crippen MR) is 117 cm³/mol. The van der Waals surface area contributed by atoms with Crippen LogP contribution in [0.15, 0.2) is 53.4 Å². The molecule has 4 rings (SSSR count). The Balaban J connectivity index is 1.43. The van der Waals surface area contributed by atoms with Crippen LogP contribution in [0.4, 0.5) is 11.4 Å². The van der Waals surface area contributed by atoms with Gasteiger partial charge in [0.25, 0.3) is 5.91 Å². The number of benzene rings is 2. The first-order valence-electron chi connectivity index (χ1n) is 9.70. The molecule has 0 radical (unpaired) electrons. The molecule has 2 aliphatic heterocycles. The average Bonchev–Trinajstić information content (AvgIpc) is 3.08. The van der Waals surface area contributed by atoms with Gasteiger partial charge in [0.1, 0.15) is 0 Å². The van der Waals surface area contributed by atoms with Gasteiger partial charge in [0.05, 0.1) is 30.3 Å². The summed E-state index contributed by atoms with van der Waals surface area (Å²) in [6.07, 6.45) is 0.631. The van der Waals surface area contributed by atoms with Gasteiger partial charge in [-0.15, -0.1) is 11.8 Å². The van der Waals surface area contributed by atoms with Crippen LogP contribution in [0.3, 0.4) is 0 Å². The number of thioether (sulfide) groups is 1. The Bertz CT molecular complexity index is 970. The number of carbonyl (C=O) groups is 1. The molecule has 0 bridgehead atoms. The molecule has 154 valence electrons. The number of nitrogens with zero attached hydrogens (tertiary/aromatic N) is 1. The molecule has 0 aliphatic carbocycles. The molecule has 0 spiro atoms.